The number of halogens is 2. The second kappa shape index (κ2) is 5.31. The van der Waals surface area contributed by atoms with Crippen molar-refractivity contribution in [3.8, 4) is 0 Å². The minimum Gasteiger partial charge on any atom is -0.360 e. The summed E-state index contributed by atoms with van der Waals surface area (Å²) in [5.41, 5.74) is 2.21. The van der Waals surface area contributed by atoms with E-state index in [1.807, 2.05) is 36.4 Å². The van der Waals surface area contributed by atoms with Crippen molar-refractivity contribution in [2.45, 2.75) is 5.38 Å². The van der Waals surface area contributed by atoms with Crippen LogP contribution in [-0.4, -0.2) is 10.8 Å². The number of hydrogen-bond acceptors (Lipinski definition) is 1. The number of rotatable bonds is 3. The number of benzene rings is 2. The number of alkyl halides is 1. The highest BCUT2D eigenvalue weighted by molar-refractivity contribution is 6.35. The molecule has 1 N–H and O–H groups in total. The standard InChI is InChI=1S/C16H11Cl2NO/c17-11-6-7-12-13(9-19-14(12)8-11)16(20)15(18)10-4-2-1-3-5-10/h1-9,15,19H. The molecule has 0 spiro atoms. The van der Waals surface area contributed by atoms with Gasteiger partial charge in [0.15, 0.2) is 5.78 Å². The van der Waals surface area contributed by atoms with Gasteiger partial charge in [0.1, 0.15) is 5.38 Å². The van der Waals surface area contributed by atoms with Gasteiger partial charge < -0.3 is 4.98 Å². The van der Waals surface area contributed by atoms with Crippen molar-refractivity contribution >= 4 is 39.9 Å². The molecule has 1 atom stereocenters. The Hall–Kier alpha value is -1.77. The van der Waals surface area contributed by atoms with Crippen molar-refractivity contribution in [1.82, 2.24) is 4.98 Å². The molecule has 20 heavy (non-hydrogen) atoms. The van der Waals surface area contributed by atoms with Crippen molar-refractivity contribution in [1.29, 1.82) is 0 Å². The highest BCUT2D eigenvalue weighted by Gasteiger charge is 2.22. The molecular weight excluding hydrogens is 293 g/mol. The smallest absolute Gasteiger partial charge is 0.187 e. The lowest BCUT2D eigenvalue weighted by molar-refractivity contribution is 0.0988. The van der Waals surface area contributed by atoms with Crippen LogP contribution in [0, 0.1) is 0 Å². The van der Waals surface area contributed by atoms with Crippen molar-refractivity contribution in [2.24, 2.45) is 0 Å². The summed E-state index contributed by atoms with van der Waals surface area (Å²) in [6.07, 6.45) is 1.68. The molecule has 3 rings (SSSR count). The van der Waals surface area contributed by atoms with Gasteiger partial charge in [0.2, 0.25) is 0 Å². The molecule has 0 bridgehead atoms. The van der Waals surface area contributed by atoms with Gasteiger partial charge in [-0.3, -0.25) is 4.79 Å². The van der Waals surface area contributed by atoms with Crippen molar-refractivity contribution in [3.63, 3.8) is 0 Å². The number of ketones is 1. The maximum Gasteiger partial charge on any atom is 0.187 e. The number of carbonyl (C=O) groups excluding carboxylic acids is 1. The summed E-state index contributed by atoms with van der Waals surface area (Å²) in [5, 5.41) is 0.774. The van der Waals surface area contributed by atoms with E-state index in [-0.39, 0.29) is 5.78 Å². The molecule has 1 heterocycles. The van der Waals surface area contributed by atoms with Gasteiger partial charge in [0.05, 0.1) is 0 Å². The van der Waals surface area contributed by atoms with Crippen LogP contribution in [0.3, 0.4) is 0 Å². The first-order valence-corrected chi connectivity index (χ1v) is 6.98. The third kappa shape index (κ3) is 2.33. The van der Waals surface area contributed by atoms with Crippen molar-refractivity contribution < 1.29 is 4.79 Å². The number of Topliss-reactive ketones (excluding diaryl/α,β-unsaturated/α-hetero) is 1. The fourth-order valence-electron chi connectivity index (χ4n) is 2.21. The molecule has 0 amide bonds. The van der Waals surface area contributed by atoms with E-state index in [9.17, 15) is 4.79 Å². The predicted octanol–water partition coefficient (Wildman–Crippen LogP) is 4.98. The first kappa shape index (κ1) is 13.2. The molecule has 1 aromatic heterocycles. The van der Waals surface area contributed by atoms with Gasteiger partial charge in [-0.25, -0.2) is 0 Å². The van der Waals surface area contributed by atoms with Crippen LogP contribution in [0.1, 0.15) is 21.3 Å². The lowest BCUT2D eigenvalue weighted by Gasteiger charge is -2.08. The van der Waals surface area contributed by atoms with Crippen molar-refractivity contribution in [3.05, 3.63) is 70.9 Å². The summed E-state index contributed by atoms with van der Waals surface area (Å²) in [5.74, 6) is -0.119. The number of fused-ring (bicyclic) bond motifs is 1. The molecule has 0 fully saturated rings. The monoisotopic (exact) mass is 303 g/mol. The summed E-state index contributed by atoms with van der Waals surface area (Å²) in [6, 6.07) is 14.7. The normalized spacial score (nSPS) is 12.5. The largest absolute Gasteiger partial charge is 0.360 e. The van der Waals surface area contributed by atoms with Gasteiger partial charge in [-0.1, -0.05) is 48.0 Å². The minimum absolute atomic E-state index is 0.119. The summed E-state index contributed by atoms with van der Waals surface area (Å²) in [4.78, 5) is 15.6. The number of nitrogens with one attached hydrogen (secondary N) is 1. The first-order valence-electron chi connectivity index (χ1n) is 6.16. The van der Waals surface area contributed by atoms with Crippen molar-refractivity contribution in [2.75, 3.05) is 0 Å². The zero-order valence-corrected chi connectivity index (χ0v) is 11.9. The zero-order chi connectivity index (χ0) is 14.1. The second-order valence-electron chi connectivity index (χ2n) is 4.53. The van der Waals surface area contributed by atoms with E-state index in [1.165, 1.54) is 0 Å². The molecule has 2 nitrogen and oxygen atoms in total. The van der Waals surface area contributed by atoms with Gasteiger partial charge in [-0.05, 0) is 17.7 Å². The molecule has 1 unspecified atom stereocenters. The SMILES string of the molecule is O=C(c1c[nH]c2cc(Cl)ccc12)C(Cl)c1ccccc1. The fourth-order valence-corrected chi connectivity index (χ4v) is 2.65. The molecule has 0 aliphatic carbocycles. The molecule has 3 aromatic rings. The Balaban J connectivity index is 2.01. The van der Waals surface area contributed by atoms with Crippen LogP contribution < -0.4 is 0 Å². The molecule has 0 radical (unpaired) electrons. The Kier molecular flexibility index (Phi) is 3.51. The maximum absolute atomic E-state index is 12.5. The Morgan fingerprint density at radius 3 is 2.60 bits per heavy atom. The summed E-state index contributed by atoms with van der Waals surface area (Å²) in [6.45, 7) is 0. The van der Waals surface area contributed by atoms with Crippen LogP contribution in [0.2, 0.25) is 5.02 Å². The Labute approximate surface area is 126 Å². The second-order valence-corrected chi connectivity index (χ2v) is 5.40. The van der Waals surface area contributed by atoms with E-state index < -0.39 is 5.38 Å². The molecule has 100 valence electrons. The van der Waals surface area contributed by atoms with Crippen LogP contribution in [0.5, 0.6) is 0 Å². The molecule has 0 aliphatic rings. The lowest BCUT2D eigenvalue weighted by atomic mass is 10.0. The van der Waals surface area contributed by atoms with E-state index in [2.05, 4.69) is 4.98 Å². The van der Waals surface area contributed by atoms with E-state index in [4.69, 9.17) is 23.2 Å². The molecule has 0 saturated heterocycles. The van der Waals surface area contributed by atoms with Crippen LogP contribution in [-0.2, 0) is 0 Å². The maximum atomic E-state index is 12.5. The molecule has 2 aromatic carbocycles. The average molecular weight is 304 g/mol. The number of hydrogen-bond donors (Lipinski definition) is 1. The van der Waals surface area contributed by atoms with E-state index >= 15 is 0 Å². The summed E-state index contributed by atoms with van der Waals surface area (Å²) in [7, 11) is 0. The van der Waals surface area contributed by atoms with E-state index in [0.29, 0.717) is 10.6 Å². The Morgan fingerprint density at radius 2 is 1.85 bits per heavy atom. The van der Waals surface area contributed by atoms with Gasteiger partial charge in [-0.15, -0.1) is 11.6 Å². The summed E-state index contributed by atoms with van der Waals surface area (Å²) >= 11 is 12.2. The average Bonchev–Trinajstić information content (AvgIpc) is 2.89. The van der Waals surface area contributed by atoms with Gasteiger partial charge >= 0.3 is 0 Å². The predicted molar refractivity (Wildman–Crippen MR) is 82.7 cm³/mol. The third-order valence-electron chi connectivity index (χ3n) is 3.23. The van der Waals surface area contributed by atoms with Gasteiger partial charge in [0, 0.05) is 27.7 Å². The topological polar surface area (TPSA) is 32.9 Å². The minimum atomic E-state index is -0.689. The number of H-pyrrole nitrogens is 1. The molecular formula is C16H11Cl2NO. The summed E-state index contributed by atoms with van der Waals surface area (Å²) < 4.78 is 0. The van der Waals surface area contributed by atoms with Crippen LogP contribution in [0.25, 0.3) is 10.9 Å². The molecule has 0 saturated carbocycles. The van der Waals surface area contributed by atoms with Gasteiger partial charge in [0.25, 0.3) is 0 Å². The third-order valence-corrected chi connectivity index (χ3v) is 3.92. The number of aromatic nitrogens is 1. The fraction of sp³-hybridized carbons (Fsp3) is 0.0625. The van der Waals surface area contributed by atoms with Crippen LogP contribution in [0.15, 0.2) is 54.7 Å². The van der Waals surface area contributed by atoms with Gasteiger partial charge in [-0.2, -0.15) is 0 Å². The zero-order valence-electron chi connectivity index (χ0n) is 10.4. The lowest BCUT2D eigenvalue weighted by Crippen LogP contribution is -2.06. The first-order chi connectivity index (χ1) is 9.66. The quantitative estimate of drug-likeness (QED) is 0.537. The van der Waals surface area contributed by atoms with E-state index in [1.54, 1.807) is 18.3 Å². The Morgan fingerprint density at radius 1 is 1.10 bits per heavy atom. The molecule has 4 heteroatoms. The van der Waals surface area contributed by atoms with E-state index in [0.717, 1.165) is 16.5 Å². The highest BCUT2D eigenvalue weighted by atomic mass is 35.5. The molecule has 0 aliphatic heterocycles. The Bertz CT molecular complexity index is 765. The van der Waals surface area contributed by atoms with Crippen LogP contribution in [0.4, 0.5) is 0 Å². The van der Waals surface area contributed by atoms with Crippen LogP contribution >= 0.6 is 23.2 Å². The highest BCUT2D eigenvalue weighted by Crippen LogP contribution is 2.29. The number of aromatic amines is 1. The number of carbonyl (C=O) groups is 1.